The van der Waals surface area contributed by atoms with Crippen LogP contribution in [0.3, 0.4) is 0 Å². The van der Waals surface area contributed by atoms with Gasteiger partial charge in [0, 0.05) is 18.4 Å². The Morgan fingerprint density at radius 2 is 1.32 bits per heavy atom. The molecule has 0 spiro atoms. The molecule has 1 aromatic rings. The fourth-order valence-corrected chi connectivity index (χ4v) is 1.91. The highest BCUT2D eigenvalue weighted by Gasteiger charge is 1.95. The van der Waals surface area contributed by atoms with Crippen molar-refractivity contribution in [1.82, 2.24) is 0 Å². The van der Waals surface area contributed by atoms with Gasteiger partial charge in [0.25, 0.3) is 0 Å². The Balaban J connectivity index is 0.000000341. The van der Waals surface area contributed by atoms with Crippen LogP contribution in [0.4, 0.5) is 5.69 Å². The lowest BCUT2D eigenvalue weighted by Crippen LogP contribution is -1.94. The van der Waals surface area contributed by atoms with Crippen molar-refractivity contribution in [3.05, 3.63) is 36.4 Å². The van der Waals surface area contributed by atoms with E-state index in [-0.39, 0.29) is 0 Å². The molecule has 0 saturated heterocycles. The fourth-order valence-electron chi connectivity index (χ4n) is 1.91. The normalized spacial score (nSPS) is 13.2. The quantitative estimate of drug-likeness (QED) is 0.764. The molecule has 5 N–H and O–H groups in total. The smallest absolute Gasteiger partial charge is 0.0337 e. The Hall–Kier alpha value is -1.48. The molecular formula is C16H29N3. The van der Waals surface area contributed by atoms with Gasteiger partial charge in [-0.3, -0.25) is 0 Å². The van der Waals surface area contributed by atoms with E-state index in [0.717, 1.165) is 11.3 Å². The Kier molecular flexibility index (Phi) is 10.7. The summed E-state index contributed by atoms with van der Waals surface area (Å²) in [5.74, 6) is 0. The Bertz CT molecular complexity index is 315. The van der Waals surface area contributed by atoms with E-state index in [0.29, 0.717) is 5.70 Å². The predicted molar refractivity (Wildman–Crippen MR) is 87.0 cm³/mol. The van der Waals surface area contributed by atoms with Crippen LogP contribution in [-0.2, 0) is 0 Å². The number of hydrogen-bond acceptors (Lipinski definition) is 3. The van der Waals surface area contributed by atoms with Gasteiger partial charge in [-0.1, -0.05) is 57.2 Å². The van der Waals surface area contributed by atoms with E-state index >= 15 is 0 Å². The molecule has 19 heavy (non-hydrogen) atoms. The molecule has 0 atom stereocenters. The summed E-state index contributed by atoms with van der Waals surface area (Å²) in [6.07, 6.45) is 9.00. The van der Waals surface area contributed by atoms with Crippen molar-refractivity contribution in [2.45, 2.75) is 38.5 Å². The van der Waals surface area contributed by atoms with Crippen LogP contribution < -0.4 is 16.8 Å². The third-order valence-corrected chi connectivity index (χ3v) is 3.04. The van der Waals surface area contributed by atoms with Crippen molar-refractivity contribution < 1.29 is 0 Å². The molecule has 3 nitrogen and oxygen atoms in total. The molecule has 1 aromatic carbocycles. The zero-order valence-electron chi connectivity index (χ0n) is 12.4. The Morgan fingerprint density at radius 1 is 0.947 bits per heavy atom. The summed E-state index contributed by atoms with van der Waals surface area (Å²) in [6.45, 7) is 3.64. The number of rotatable bonds is 2. The maximum atomic E-state index is 5.49. The molecule has 1 aliphatic rings. The molecule has 0 amide bonds. The van der Waals surface area contributed by atoms with E-state index in [1.807, 2.05) is 31.3 Å². The highest BCUT2D eigenvalue weighted by molar-refractivity contribution is 5.62. The molecule has 0 bridgehead atoms. The standard InChI is InChI=1S/C9H12N2.C6H12.CH5N/c1-7(10)8-3-5-9(11-2)6-4-8;1-2-4-6-5-3-1;1-2/h3-6,11H,1,10H2,2H3;1-6H2;2H2,1H3. The number of nitrogens with two attached hydrogens (primary N) is 2. The summed E-state index contributed by atoms with van der Waals surface area (Å²) in [5.41, 5.74) is 12.6. The molecule has 0 heterocycles. The first kappa shape index (κ1) is 17.5. The minimum atomic E-state index is 0.604. The fraction of sp³-hybridized carbons (Fsp3) is 0.500. The minimum Gasteiger partial charge on any atom is -0.399 e. The van der Waals surface area contributed by atoms with Gasteiger partial charge >= 0.3 is 0 Å². The molecule has 0 aromatic heterocycles. The van der Waals surface area contributed by atoms with Gasteiger partial charge in [-0.25, -0.2) is 0 Å². The van der Waals surface area contributed by atoms with Crippen LogP contribution in [0.1, 0.15) is 44.1 Å². The lowest BCUT2D eigenvalue weighted by Gasteiger charge is -2.05. The van der Waals surface area contributed by atoms with Gasteiger partial charge in [-0.05, 0) is 24.7 Å². The molecular weight excluding hydrogens is 234 g/mol. The molecule has 0 aliphatic heterocycles. The summed E-state index contributed by atoms with van der Waals surface area (Å²) >= 11 is 0. The van der Waals surface area contributed by atoms with Crippen LogP contribution in [-0.4, -0.2) is 14.1 Å². The Morgan fingerprint density at radius 3 is 1.58 bits per heavy atom. The molecule has 0 radical (unpaired) electrons. The lowest BCUT2D eigenvalue weighted by molar-refractivity contribution is 0.504. The van der Waals surface area contributed by atoms with Crippen molar-refractivity contribution in [1.29, 1.82) is 0 Å². The largest absolute Gasteiger partial charge is 0.399 e. The van der Waals surface area contributed by atoms with Gasteiger partial charge < -0.3 is 16.8 Å². The minimum absolute atomic E-state index is 0.604. The lowest BCUT2D eigenvalue weighted by atomic mass is 10.0. The van der Waals surface area contributed by atoms with E-state index < -0.39 is 0 Å². The zero-order chi connectivity index (χ0) is 14.5. The number of anilines is 1. The van der Waals surface area contributed by atoms with Gasteiger partial charge in [0.15, 0.2) is 0 Å². The third-order valence-electron chi connectivity index (χ3n) is 3.04. The molecule has 1 saturated carbocycles. The maximum Gasteiger partial charge on any atom is 0.0337 e. The first-order valence-corrected chi connectivity index (χ1v) is 7.04. The number of benzene rings is 1. The first-order chi connectivity index (χ1) is 9.24. The van der Waals surface area contributed by atoms with Crippen LogP contribution >= 0.6 is 0 Å². The average molecular weight is 263 g/mol. The highest BCUT2D eigenvalue weighted by atomic mass is 14.8. The molecule has 3 heteroatoms. The van der Waals surface area contributed by atoms with Gasteiger partial charge in [0.05, 0.1) is 0 Å². The summed E-state index contributed by atoms with van der Waals surface area (Å²) in [5, 5.41) is 3.02. The van der Waals surface area contributed by atoms with Crippen LogP contribution in [0, 0.1) is 0 Å². The summed E-state index contributed by atoms with van der Waals surface area (Å²) in [6, 6.07) is 7.81. The van der Waals surface area contributed by atoms with Crippen molar-refractivity contribution >= 4 is 11.4 Å². The van der Waals surface area contributed by atoms with Crippen LogP contribution in [0.2, 0.25) is 0 Å². The van der Waals surface area contributed by atoms with E-state index in [1.54, 1.807) is 0 Å². The maximum absolute atomic E-state index is 5.49. The van der Waals surface area contributed by atoms with Gasteiger partial charge in [-0.2, -0.15) is 0 Å². The monoisotopic (exact) mass is 263 g/mol. The molecule has 0 unspecified atom stereocenters. The van der Waals surface area contributed by atoms with Crippen LogP contribution in [0.15, 0.2) is 30.8 Å². The van der Waals surface area contributed by atoms with E-state index in [1.165, 1.54) is 45.6 Å². The van der Waals surface area contributed by atoms with Gasteiger partial charge in [0.2, 0.25) is 0 Å². The van der Waals surface area contributed by atoms with Crippen LogP contribution in [0.25, 0.3) is 5.70 Å². The molecule has 2 rings (SSSR count). The van der Waals surface area contributed by atoms with Crippen LogP contribution in [0.5, 0.6) is 0 Å². The Labute approximate surface area is 118 Å². The van der Waals surface area contributed by atoms with Gasteiger partial charge in [0.1, 0.15) is 0 Å². The number of hydrogen-bond donors (Lipinski definition) is 3. The van der Waals surface area contributed by atoms with Gasteiger partial charge in [-0.15, -0.1) is 0 Å². The highest BCUT2D eigenvalue weighted by Crippen LogP contribution is 2.15. The van der Waals surface area contributed by atoms with E-state index in [4.69, 9.17) is 5.73 Å². The molecule has 1 aliphatic carbocycles. The summed E-state index contributed by atoms with van der Waals surface area (Å²) in [4.78, 5) is 0. The number of nitrogens with one attached hydrogen (secondary N) is 1. The van der Waals surface area contributed by atoms with Crippen molar-refractivity contribution in [2.75, 3.05) is 19.4 Å². The third kappa shape index (κ3) is 8.27. The SMILES string of the molecule is C1CCCCC1.C=C(N)c1ccc(NC)cc1.CN. The summed E-state index contributed by atoms with van der Waals surface area (Å²) < 4.78 is 0. The van der Waals surface area contributed by atoms with Crippen molar-refractivity contribution in [3.8, 4) is 0 Å². The average Bonchev–Trinajstić information content (AvgIpc) is 2.51. The molecule has 108 valence electrons. The topological polar surface area (TPSA) is 64.1 Å². The van der Waals surface area contributed by atoms with E-state index in [9.17, 15) is 0 Å². The van der Waals surface area contributed by atoms with Crippen molar-refractivity contribution in [3.63, 3.8) is 0 Å². The zero-order valence-corrected chi connectivity index (χ0v) is 12.4. The molecule has 1 fully saturated rings. The predicted octanol–water partition coefficient (Wildman–Crippen LogP) is 3.57. The second-order valence-corrected chi connectivity index (χ2v) is 4.47. The van der Waals surface area contributed by atoms with E-state index in [2.05, 4.69) is 17.6 Å². The second-order valence-electron chi connectivity index (χ2n) is 4.47. The van der Waals surface area contributed by atoms with Crippen molar-refractivity contribution in [2.24, 2.45) is 11.5 Å². The summed E-state index contributed by atoms with van der Waals surface area (Å²) in [7, 11) is 3.38. The first-order valence-electron chi connectivity index (χ1n) is 7.04. The second kappa shape index (κ2) is 11.6.